The van der Waals surface area contributed by atoms with Crippen LogP contribution >= 0.6 is 0 Å². The van der Waals surface area contributed by atoms with E-state index in [0.29, 0.717) is 6.04 Å². The van der Waals surface area contributed by atoms with Crippen molar-refractivity contribution >= 4 is 26.3 Å². The monoisotopic (exact) mass is 231 g/mol. The third-order valence-electron chi connectivity index (χ3n) is 0.937. The molecule has 0 bridgehead atoms. The van der Waals surface area contributed by atoms with Crippen molar-refractivity contribution in [3.63, 3.8) is 0 Å². The molecule has 0 aromatic heterocycles. The Balaban J connectivity index is 2.12. The third-order valence-corrected chi connectivity index (χ3v) is 8.43. The Kier molecular flexibility index (Phi) is 2.72. The zero-order chi connectivity index (χ0) is 5.11. The average Bonchev–Trinajstić information content (AvgIpc) is 1.69. The van der Waals surface area contributed by atoms with Crippen LogP contribution in [0.15, 0.2) is 0 Å². The second-order valence-electron chi connectivity index (χ2n) is 1.66. The molecule has 42 valence electrons. The van der Waals surface area contributed by atoms with Crippen molar-refractivity contribution in [1.29, 1.82) is 0 Å². The summed E-state index contributed by atoms with van der Waals surface area (Å²) >= 11 is 1.98. The molecular formula is C4H9NSe2. The van der Waals surface area contributed by atoms with Gasteiger partial charge in [0, 0.05) is 0 Å². The van der Waals surface area contributed by atoms with Gasteiger partial charge in [0.2, 0.25) is 0 Å². The standard InChI is InChI=1S/C4H9NSe2/c5-4-1-2-6-7-3-4/h4H,1-3,5H2. The minimum absolute atomic E-state index is 0.579. The van der Waals surface area contributed by atoms with Gasteiger partial charge in [0.1, 0.15) is 0 Å². The first-order chi connectivity index (χ1) is 3.39. The molecule has 1 saturated heterocycles. The van der Waals surface area contributed by atoms with Crippen molar-refractivity contribution in [2.75, 3.05) is 0 Å². The molecule has 1 unspecified atom stereocenters. The molecule has 1 aliphatic rings. The molecule has 0 spiro atoms. The molecule has 0 aliphatic carbocycles. The fourth-order valence-electron chi connectivity index (χ4n) is 0.477. The number of nitrogens with two attached hydrogens (primary N) is 1. The predicted octanol–water partition coefficient (Wildman–Crippen LogP) is -0.123. The number of rotatable bonds is 0. The van der Waals surface area contributed by atoms with E-state index in [-0.39, 0.29) is 0 Å². The van der Waals surface area contributed by atoms with Gasteiger partial charge in [0.15, 0.2) is 0 Å². The van der Waals surface area contributed by atoms with E-state index in [9.17, 15) is 0 Å². The molecule has 1 rings (SSSR count). The number of hydrogen-bond acceptors (Lipinski definition) is 1. The van der Waals surface area contributed by atoms with Gasteiger partial charge in [0.05, 0.1) is 0 Å². The van der Waals surface area contributed by atoms with Crippen LogP contribution in [0.4, 0.5) is 0 Å². The summed E-state index contributed by atoms with van der Waals surface area (Å²) < 4.78 is 0. The maximum absolute atomic E-state index is 5.66. The average molecular weight is 229 g/mol. The van der Waals surface area contributed by atoms with E-state index in [1.54, 1.807) is 0 Å². The molecule has 0 radical (unpaired) electrons. The third kappa shape index (κ3) is 2.16. The summed E-state index contributed by atoms with van der Waals surface area (Å²) in [6, 6.07) is 0.579. The molecule has 0 amide bonds. The fraction of sp³-hybridized carbons (Fsp3) is 1.00. The summed E-state index contributed by atoms with van der Waals surface area (Å²) in [7, 11) is 0. The van der Waals surface area contributed by atoms with E-state index < -0.39 is 0 Å². The zero-order valence-electron chi connectivity index (χ0n) is 4.09. The van der Waals surface area contributed by atoms with Crippen LogP contribution in [0.1, 0.15) is 6.42 Å². The topological polar surface area (TPSA) is 26.0 Å². The van der Waals surface area contributed by atoms with Crippen LogP contribution in [0.25, 0.3) is 0 Å². The Labute approximate surface area is 55.3 Å². The molecule has 1 aliphatic heterocycles. The molecule has 7 heavy (non-hydrogen) atoms. The predicted molar refractivity (Wildman–Crippen MR) is 33.7 cm³/mol. The zero-order valence-corrected chi connectivity index (χ0v) is 7.52. The number of hydrogen-bond donors (Lipinski definition) is 1. The van der Waals surface area contributed by atoms with Crippen LogP contribution in [0, 0.1) is 0 Å². The molecule has 1 atom stereocenters. The van der Waals surface area contributed by atoms with Crippen molar-refractivity contribution < 1.29 is 0 Å². The van der Waals surface area contributed by atoms with Crippen molar-refractivity contribution in [3.05, 3.63) is 0 Å². The first-order valence-corrected chi connectivity index (χ1v) is 9.15. The molecule has 2 N–H and O–H groups in total. The summed E-state index contributed by atoms with van der Waals surface area (Å²) in [4.78, 5) is 0. The van der Waals surface area contributed by atoms with Crippen LogP contribution in [-0.4, -0.2) is 32.3 Å². The van der Waals surface area contributed by atoms with E-state index in [2.05, 4.69) is 0 Å². The second kappa shape index (κ2) is 3.11. The van der Waals surface area contributed by atoms with E-state index in [1.807, 2.05) is 0 Å². The van der Waals surface area contributed by atoms with Gasteiger partial charge in [-0.3, -0.25) is 0 Å². The Hall–Kier alpha value is 0.999. The van der Waals surface area contributed by atoms with Crippen LogP contribution in [0.3, 0.4) is 0 Å². The van der Waals surface area contributed by atoms with Gasteiger partial charge in [-0.05, 0) is 0 Å². The Morgan fingerprint density at radius 3 is 2.57 bits per heavy atom. The molecule has 0 aromatic carbocycles. The van der Waals surface area contributed by atoms with E-state index in [1.165, 1.54) is 17.1 Å². The molecular weight excluding hydrogens is 220 g/mol. The molecule has 0 aromatic rings. The summed E-state index contributed by atoms with van der Waals surface area (Å²) in [5.41, 5.74) is 5.66. The van der Waals surface area contributed by atoms with Crippen molar-refractivity contribution in [2.45, 2.75) is 23.1 Å². The molecule has 1 fully saturated rings. The second-order valence-corrected chi connectivity index (χ2v) is 9.34. The minimum atomic E-state index is 0.579. The Morgan fingerprint density at radius 1 is 1.43 bits per heavy atom. The quantitative estimate of drug-likeness (QED) is 0.575. The molecule has 1 nitrogen and oxygen atoms in total. The van der Waals surface area contributed by atoms with E-state index >= 15 is 0 Å². The van der Waals surface area contributed by atoms with Crippen molar-refractivity contribution in [3.8, 4) is 0 Å². The normalized spacial score (nSPS) is 33.0. The van der Waals surface area contributed by atoms with Crippen LogP contribution in [0.2, 0.25) is 10.6 Å². The van der Waals surface area contributed by atoms with Gasteiger partial charge >= 0.3 is 55.1 Å². The van der Waals surface area contributed by atoms with Gasteiger partial charge in [-0.2, -0.15) is 0 Å². The van der Waals surface area contributed by atoms with Gasteiger partial charge < -0.3 is 0 Å². The molecule has 3 heteroatoms. The Morgan fingerprint density at radius 2 is 2.29 bits per heavy atom. The van der Waals surface area contributed by atoms with Gasteiger partial charge in [0.25, 0.3) is 0 Å². The van der Waals surface area contributed by atoms with E-state index in [0.717, 1.165) is 26.3 Å². The summed E-state index contributed by atoms with van der Waals surface area (Å²) in [5.74, 6) is 0. The van der Waals surface area contributed by atoms with Gasteiger partial charge in [-0.25, -0.2) is 0 Å². The molecule has 1 heterocycles. The van der Waals surface area contributed by atoms with Crippen molar-refractivity contribution in [2.24, 2.45) is 5.73 Å². The first kappa shape index (κ1) is 6.12. The summed E-state index contributed by atoms with van der Waals surface area (Å²) in [6.07, 6.45) is 1.31. The Bertz CT molecular complexity index is 51.7. The summed E-state index contributed by atoms with van der Waals surface area (Å²) in [5, 5.41) is 2.81. The van der Waals surface area contributed by atoms with Crippen molar-refractivity contribution in [1.82, 2.24) is 0 Å². The summed E-state index contributed by atoms with van der Waals surface area (Å²) in [6.45, 7) is 0. The fourth-order valence-corrected chi connectivity index (χ4v) is 7.77. The van der Waals surface area contributed by atoms with Gasteiger partial charge in [-0.1, -0.05) is 0 Å². The maximum atomic E-state index is 5.66. The first-order valence-electron chi connectivity index (χ1n) is 2.39. The van der Waals surface area contributed by atoms with Gasteiger partial charge in [-0.15, -0.1) is 0 Å². The van der Waals surface area contributed by atoms with E-state index in [4.69, 9.17) is 5.73 Å². The molecule has 0 saturated carbocycles. The van der Waals surface area contributed by atoms with Crippen LogP contribution < -0.4 is 5.73 Å². The van der Waals surface area contributed by atoms with Crippen LogP contribution in [0.5, 0.6) is 0 Å². The SMILES string of the molecule is NC1CC[Se][Se]C1. The van der Waals surface area contributed by atoms with Crippen LogP contribution in [-0.2, 0) is 0 Å².